The quantitative estimate of drug-likeness (QED) is 0.853. The minimum absolute atomic E-state index is 0.0823. The smallest absolute Gasteiger partial charge is 0.211 e. The molecule has 0 bridgehead atoms. The van der Waals surface area contributed by atoms with Crippen molar-refractivity contribution in [3.63, 3.8) is 0 Å². The Hall–Kier alpha value is -1.85. The fourth-order valence-corrected chi connectivity index (χ4v) is 4.21. The summed E-state index contributed by atoms with van der Waals surface area (Å²) in [6.07, 6.45) is 1.89. The molecule has 0 aromatic heterocycles. The van der Waals surface area contributed by atoms with Gasteiger partial charge in [-0.3, -0.25) is 0 Å². The van der Waals surface area contributed by atoms with Gasteiger partial charge in [-0.2, -0.15) is 4.31 Å². The van der Waals surface area contributed by atoms with Crippen LogP contribution in [0.4, 0.5) is 0 Å². The van der Waals surface area contributed by atoms with E-state index in [2.05, 4.69) is 26.0 Å². The Balaban J connectivity index is 1.79. The van der Waals surface area contributed by atoms with E-state index in [0.717, 1.165) is 23.3 Å². The summed E-state index contributed by atoms with van der Waals surface area (Å²) in [6.45, 7) is 5.13. The van der Waals surface area contributed by atoms with E-state index in [4.69, 9.17) is 4.74 Å². The van der Waals surface area contributed by atoms with Crippen LogP contribution in [0.3, 0.4) is 0 Å². The summed E-state index contributed by atoms with van der Waals surface area (Å²) >= 11 is 0. The number of sulfonamides is 1. The lowest BCUT2D eigenvalue weighted by atomic mass is 9.95. The molecule has 2 aromatic carbocycles. The summed E-state index contributed by atoms with van der Waals surface area (Å²) in [4.78, 5) is 0. The molecule has 1 saturated heterocycles. The van der Waals surface area contributed by atoms with Crippen LogP contribution in [0.2, 0.25) is 0 Å². The molecule has 1 aliphatic heterocycles. The largest absolute Gasteiger partial charge is 0.489 e. The van der Waals surface area contributed by atoms with Crippen LogP contribution in [-0.4, -0.2) is 38.2 Å². The van der Waals surface area contributed by atoms with Crippen LogP contribution in [0.5, 0.6) is 5.75 Å². The highest BCUT2D eigenvalue weighted by Crippen LogP contribution is 2.32. The van der Waals surface area contributed by atoms with Crippen LogP contribution in [0.15, 0.2) is 42.5 Å². The van der Waals surface area contributed by atoms with Crippen molar-refractivity contribution in [1.29, 1.82) is 0 Å². The molecule has 0 aliphatic carbocycles. The molecule has 1 aliphatic rings. The molecule has 2 aromatic rings. The molecule has 4 nitrogen and oxygen atoms in total. The van der Waals surface area contributed by atoms with Gasteiger partial charge in [0.1, 0.15) is 11.9 Å². The fourth-order valence-electron chi connectivity index (χ4n) is 3.34. The van der Waals surface area contributed by atoms with Crippen LogP contribution >= 0.6 is 0 Å². The van der Waals surface area contributed by atoms with E-state index in [0.29, 0.717) is 13.1 Å². The van der Waals surface area contributed by atoms with Crippen molar-refractivity contribution in [1.82, 2.24) is 4.31 Å². The molecule has 0 N–H and O–H groups in total. The van der Waals surface area contributed by atoms with E-state index >= 15 is 0 Å². The Morgan fingerprint density at radius 3 is 2.25 bits per heavy atom. The Morgan fingerprint density at radius 2 is 1.71 bits per heavy atom. The van der Waals surface area contributed by atoms with Crippen LogP contribution in [0.1, 0.15) is 17.5 Å². The number of hydrogen-bond acceptors (Lipinski definition) is 3. The van der Waals surface area contributed by atoms with Gasteiger partial charge in [0, 0.05) is 6.54 Å². The summed E-state index contributed by atoms with van der Waals surface area (Å²) in [5.74, 6) is 0.810. The minimum Gasteiger partial charge on any atom is -0.489 e. The summed E-state index contributed by atoms with van der Waals surface area (Å²) in [7, 11) is -3.13. The van der Waals surface area contributed by atoms with Crippen molar-refractivity contribution in [2.24, 2.45) is 0 Å². The SMILES string of the molecule is Cc1cc(O[C@@H]2CCN(S(C)(=O)=O)C2)cc(C)c1-c1ccccc1. The zero-order valence-corrected chi connectivity index (χ0v) is 15.1. The van der Waals surface area contributed by atoms with Gasteiger partial charge in [0.05, 0.1) is 12.8 Å². The van der Waals surface area contributed by atoms with Crippen LogP contribution in [0, 0.1) is 13.8 Å². The lowest BCUT2D eigenvalue weighted by Crippen LogP contribution is -2.29. The summed E-state index contributed by atoms with van der Waals surface area (Å²) < 4.78 is 30.8. The van der Waals surface area contributed by atoms with Crippen molar-refractivity contribution < 1.29 is 13.2 Å². The molecular formula is C19H23NO3S. The fraction of sp³-hybridized carbons (Fsp3) is 0.368. The Labute approximate surface area is 144 Å². The number of aryl methyl sites for hydroxylation is 2. The van der Waals surface area contributed by atoms with E-state index in [1.54, 1.807) is 0 Å². The third-order valence-electron chi connectivity index (χ3n) is 4.45. The van der Waals surface area contributed by atoms with Crippen molar-refractivity contribution in [2.75, 3.05) is 19.3 Å². The zero-order valence-electron chi connectivity index (χ0n) is 14.3. The number of benzene rings is 2. The first-order valence-corrected chi connectivity index (χ1v) is 9.98. The monoisotopic (exact) mass is 345 g/mol. The summed E-state index contributed by atoms with van der Waals surface area (Å²) in [5.41, 5.74) is 4.75. The van der Waals surface area contributed by atoms with Crippen molar-refractivity contribution >= 4 is 10.0 Å². The molecule has 128 valence electrons. The maximum atomic E-state index is 11.6. The van der Waals surface area contributed by atoms with Gasteiger partial charge < -0.3 is 4.74 Å². The van der Waals surface area contributed by atoms with Gasteiger partial charge in [0.25, 0.3) is 0 Å². The lowest BCUT2D eigenvalue weighted by molar-refractivity contribution is 0.215. The summed E-state index contributed by atoms with van der Waals surface area (Å²) in [5, 5.41) is 0. The molecule has 1 atom stereocenters. The molecule has 1 heterocycles. The minimum atomic E-state index is -3.13. The number of hydrogen-bond donors (Lipinski definition) is 0. The van der Waals surface area contributed by atoms with Gasteiger partial charge in [-0.1, -0.05) is 30.3 Å². The highest BCUT2D eigenvalue weighted by molar-refractivity contribution is 7.88. The van der Waals surface area contributed by atoms with E-state index in [1.165, 1.54) is 21.7 Å². The Kier molecular flexibility index (Phi) is 4.65. The second-order valence-corrected chi connectivity index (χ2v) is 8.43. The van der Waals surface area contributed by atoms with Gasteiger partial charge in [-0.25, -0.2) is 8.42 Å². The molecule has 0 spiro atoms. The Bertz CT molecular complexity index is 808. The molecule has 0 saturated carbocycles. The maximum absolute atomic E-state index is 11.6. The second kappa shape index (κ2) is 6.57. The maximum Gasteiger partial charge on any atom is 0.211 e. The van der Waals surface area contributed by atoms with E-state index in [1.807, 2.05) is 30.3 Å². The average molecular weight is 345 g/mol. The lowest BCUT2D eigenvalue weighted by Gasteiger charge is -2.18. The van der Waals surface area contributed by atoms with E-state index in [-0.39, 0.29) is 6.10 Å². The van der Waals surface area contributed by atoms with Gasteiger partial charge in [0.2, 0.25) is 10.0 Å². The van der Waals surface area contributed by atoms with Gasteiger partial charge in [-0.15, -0.1) is 0 Å². The molecule has 24 heavy (non-hydrogen) atoms. The second-order valence-electron chi connectivity index (χ2n) is 6.45. The molecule has 0 unspecified atom stereocenters. The third-order valence-corrected chi connectivity index (χ3v) is 5.72. The Morgan fingerprint density at radius 1 is 1.08 bits per heavy atom. The zero-order chi connectivity index (χ0) is 17.3. The highest BCUT2D eigenvalue weighted by Gasteiger charge is 2.29. The number of nitrogens with zero attached hydrogens (tertiary/aromatic N) is 1. The average Bonchev–Trinajstić information content (AvgIpc) is 2.96. The number of ether oxygens (including phenoxy) is 1. The van der Waals surface area contributed by atoms with Gasteiger partial charge in [0.15, 0.2) is 0 Å². The van der Waals surface area contributed by atoms with Crippen LogP contribution in [0.25, 0.3) is 11.1 Å². The topological polar surface area (TPSA) is 46.6 Å². The first kappa shape index (κ1) is 17.0. The van der Waals surface area contributed by atoms with Crippen molar-refractivity contribution in [3.8, 4) is 16.9 Å². The highest BCUT2D eigenvalue weighted by atomic mass is 32.2. The standard InChI is InChI=1S/C19H23NO3S/c1-14-11-18(23-17-9-10-20(13-17)24(3,21)22)12-15(2)19(14)16-7-5-4-6-8-16/h4-8,11-12,17H,9-10,13H2,1-3H3/t17-/m1/s1. The normalized spacial score (nSPS) is 18.7. The van der Waals surface area contributed by atoms with Gasteiger partial charge in [-0.05, 0) is 54.7 Å². The number of rotatable bonds is 4. The summed E-state index contributed by atoms with van der Waals surface area (Å²) in [6, 6.07) is 14.4. The first-order chi connectivity index (χ1) is 11.3. The third kappa shape index (κ3) is 3.62. The van der Waals surface area contributed by atoms with Gasteiger partial charge >= 0.3 is 0 Å². The van der Waals surface area contributed by atoms with Crippen molar-refractivity contribution in [3.05, 3.63) is 53.6 Å². The molecule has 5 heteroatoms. The predicted molar refractivity (Wildman–Crippen MR) is 96.8 cm³/mol. The molecule has 0 radical (unpaired) electrons. The molecule has 1 fully saturated rings. The predicted octanol–water partition coefficient (Wildman–Crippen LogP) is 3.38. The first-order valence-electron chi connectivity index (χ1n) is 8.13. The molecule has 0 amide bonds. The van der Waals surface area contributed by atoms with Crippen LogP contribution < -0.4 is 4.74 Å². The van der Waals surface area contributed by atoms with Crippen molar-refractivity contribution in [2.45, 2.75) is 26.4 Å². The molecule has 3 rings (SSSR count). The van der Waals surface area contributed by atoms with E-state index in [9.17, 15) is 8.42 Å². The molecular weight excluding hydrogens is 322 g/mol. The van der Waals surface area contributed by atoms with Crippen LogP contribution in [-0.2, 0) is 10.0 Å². The van der Waals surface area contributed by atoms with E-state index < -0.39 is 10.0 Å².